The van der Waals surface area contributed by atoms with E-state index in [1.54, 1.807) is 0 Å². The highest BCUT2D eigenvalue weighted by Crippen LogP contribution is 2.18. The summed E-state index contributed by atoms with van der Waals surface area (Å²) < 4.78 is 16.9. The Morgan fingerprint density at radius 1 is 0.274 bits per heavy atom. The summed E-state index contributed by atoms with van der Waals surface area (Å²) in [6.07, 6.45) is 74.8. The number of allylic oxidation sites excluding steroid dienone is 4. The van der Waals surface area contributed by atoms with Crippen molar-refractivity contribution in [3.8, 4) is 0 Å². The van der Waals surface area contributed by atoms with Gasteiger partial charge in [-0.15, -0.1) is 0 Å². The summed E-state index contributed by atoms with van der Waals surface area (Å²) in [6, 6.07) is 0. The van der Waals surface area contributed by atoms with Gasteiger partial charge in [-0.25, -0.2) is 0 Å². The lowest BCUT2D eigenvalue weighted by molar-refractivity contribution is -0.167. The maximum atomic E-state index is 12.9. The molecule has 0 rings (SSSR count). The van der Waals surface area contributed by atoms with Crippen LogP contribution in [-0.2, 0) is 28.6 Å². The summed E-state index contributed by atoms with van der Waals surface area (Å²) in [6.45, 7) is 6.66. The maximum absolute atomic E-state index is 12.9. The lowest BCUT2D eigenvalue weighted by Gasteiger charge is -2.18. The smallest absolute Gasteiger partial charge is 0.306 e. The first kappa shape index (κ1) is 70.9. The molecule has 0 saturated heterocycles. The van der Waals surface area contributed by atoms with Crippen LogP contribution in [0.2, 0.25) is 0 Å². The van der Waals surface area contributed by atoms with Gasteiger partial charge in [0.25, 0.3) is 0 Å². The molecule has 0 aromatic rings. The molecule has 0 spiro atoms. The molecule has 0 aliphatic carbocycles. The molecular formula is C67H126O6. The molecule has 0 aromatic carbocycles. The van der Waals surface area contributed by atoms with Crippen LogP contribution < -0.4 is 0 Å². The van der Waals surface area contributed by atoms with Crippen LogP contribution >= 0.6 is 0 Å². The molecule has 0 aliphatic rings. The number of hydrogen-bond acceptors (Lipinski definition) is 6. The van der Waals surface area contributed by atoms with Gasteiger partial charge < -0.3 is 14.2 Å². The molecule has 0 N–H and O–H groups in total. The van der Waals surface area contributed by atoms with Crippen molar-refractivity contribution in [1.29, 1.82) is 0 Å². The third kappa shape index (κ3) is 60.6. The first-order chi connectivity index (χ1) is 36.0. The van der Waals surface area contributed by atoms with Crippen molar-refractivity contribution in [3.63, 3.8) is 0 Å². The lowest BCUT2D eigenvalue weighted by atomic mass is 10.0. The molecule has 0 aromatic heterocycles. The van der Waals surface area contributed by atoms with Crippen LogP contribution in [0.1, 0.15) is 367 Å². The summed E-state index contributed by atoms with van der Waals surface area (Å²) in [4.78, 5) is 38.3. The van der Waals surface area contributed by atoms with E-state index in [1.807, 2.05) is 0 Å². The lowest BCUT2D eigenvalue weighted by Crippen LogP contribution is -2.30. The fraction of sp³-hybridized carbons (Fsp3) is 0.896. The van der Waals surface area contributed by atoms with Crippen LogP contribution in [0, 0.1) is 0 Å². The normalized spacial score (nSPS) is 12.1. The molecular weight excluding hydrogens is 901 g/mol. The monoisotopic (exact) mass is 1030 g/mol. The summed E-state index contributed by atoms with van der Waals surface area (Å²) in [5.74, 6) is -0.856. The van der Waals surface area contributed by atoms with Crippen molar-refractivity contribution in [2.75, 3.05) is 13.2 Å². The van der Waals surface area contributed by atoms with Crippen LogP contribution in [0.5, 0.6) is 0 Å². The SMILES string of the molecule is CCCC/C=C\C/C=C\CCCCCCCC(=O)OCC(COC(=O)CCCCCCCCCCCCCCCCCCCCCCCCCCC)OC(=O)CCCCCCCCCCCCCCCCCC. The second kappa shape index (κ2) is 62.4. The summed E-state index contributed by atoms with van der Waals surface area (Å²) in [7, 11) is 0. The van der Waals surface area contributed by atoms with Gasteiger partial charge in [0.1, 0.15) is 13.2 Å². The van der Waals surface area contributed by atoms with Gasteiger partial charge in [0.05, 0.1) is 0 Å². The van der Waals surface area contributed by atoms with E-state index in [1.165, 1.54) is 250 Å². The summed E-state index contributed by atoms with van der Waals surface area (Å²) in [5, 5.41) is 0. The van der Waals surface area contributed by atoms with Crippen molar-refractivity contribution in [3.05, 3.63) is 24.3 Å². The van der Waals surface area contributed by atoms with Crippen molar-refractivity contribution in [1.82, 2.24) is 0 Å². The average Bonchev–Trinajstić information content (AvgIpc) is 3.39. The Morgan fingerprint density at radius 3 is 0.795 bits per heavy atom. The first-order valence-corrected chi connectivity index (χ1v) is 32.8. The number of carbonyl (C=O) groups excluding carboxylic acids is 3. The zero-order chi connectivity index (χ0) is 52.9. The van der Waals surface area contributed by atoms with E-state index in [0.29, 0.717) is 19.3 Å². The van der Waals surface area contributed by atoms with Gasteiger partial charge in [0.15, 0.2) is 6.10 Å². The van der Waals surface area contributed by atoms with E-state index in [2.05, 4.69) is 45.1 Å². The largest absolute Gasteiger partial charge is 0.462 e. The van der Waals surface area contributed by atoms with Crippen LogP contribution in [-0.4, -0.2) is 37.2 Å². The molecule has 1 unspecified atom stereocenters. The number of hydrogen-bond donors (Lipinski definition) is 0. The number of ether oxygens (including phenoxy) is 3. The Balaban J connectivity index is 4.22. The van der Waals surface area contributed by atoms with Crippen LogP contribution in [0.15, 0.2) is 24.3 Å². The van der Waals surface area contributed by atoms with Crippen LogP contribution in [0.25, 0.3) is 0 Å². The highest BCUT2D eigenvalue weighted by Gasteiger charge is 2.19. The molecule has 6 heteroatoms. The molecule has 0 heterocycles. The van der Waals surface area contributed by atoms with Crippen LogP contribution in [0.3, 0.4) is 0 Å². The number of esters is 3. The van der Waals surface area contributed by atoms with E-state index < -0.39 is 6.10 Å². The van der Waals surface area contributed by atoms with E-state index >= 15 is 0 Å². The molecule has 73 heavy (non-hydrogen) atoms. The molecule has 0 amide bonds. The Bertz CT molecular complexity index is 1180. The third-order valence-corrected chi connectivity index (χ3v) is 15.0. The zero-order valence-electron chi connectivity index (χ0n) is 49.4. The topological polar surface area (TPSA) is 78.9 Å². The second-order valence-electron chi connectivity index (χ2n) is 22.4. The van der Waals surface area contributed by atoms with Crippen molar-refractivity contribution < 1.29 is 28.6 Å². The van der Waals surface area contributed by atoms with Crippen LogP contribution in [0.4, 0.5) is 0 Å². The molecule has 0 aliphatic heterocycles. The van der Waals surface area contributed by atoms with Gasteiger partial charge in [-0.2, -0.15) is 0 Å². The molecule has 1 atom stereocenters. The van der Waals surface area contributed by atoms with Crippen molar-refractivity contribution in [2.45, 2.75) is 374 Å². The molecule has 430 valence electrons. The maximum Gasteiger partial charge on any atom is 0.306 e. The Labute approximate surface area is 455 Å². The van der Waals surface area contributed by atoms with E-state index in [4.69, 9.17) is 14.2 Å². The zero-order valence-corrected chi connectivity index (χ0v) is 49.4. The molecule has 0 saturated carbocycles. The van der Waals surface area contributed by atoms with Crippen molar-refractivity contribution in [2.24, 2.45) is 0 Å². The van der Waals surface area contributed by atoms with Gasteiger partial charge in [-0.3, -0.25) is 14.4 Å². The Kier molecular flexibility index (Phi) is 60.6. The first-order valence-electron chi connectivity index (χ1n) is 32.8. The Hall–Kier alpha value is -2.11. The highest BCUT2D eigenvalue weighted by molar-refractivity contribution is 5.71. The number of carbonyl (C=O) groups is 3. The predicted molar refractivity (Wildman–Crippen MR) is 316 cm³/mol. The molecule has 0 bridgehead atoms. The average molecular weight is 1030 g/mol. The Morgan fingerprint density at radius 2 is 0.507 bits per heavy atom. The highest BCUT2D eigenvalue weighted by atomic mass is 16.6. The second-order valence-corrected chi connectivity index (χ2v) is 22.4. The minimum absolute atomic E-state index is 0.0696. The van der Waals surface area contributed by atoms with Gasteiger partial charge in [-0.05, 0) is 44.9 Å². The summed E-state index contributed by atoms with van der Waals surface area (Å²) >= 11 is 0. The predicted octanol–water partition coefficient (Wildman–Crippen LogP) is 22.2. The molecule has 6 nitrogen and oxygen atoms in total. The van der Waals surface area contributed by atoms with Gasteiger partial charge in [0, 0.05) is 19.3 Å². The molecule has 0 fully saturated rings. The van der Waals surface area contributed by atoms with E-state index in [9.17, 15) is 14.4 Å². The fourth-order valence-electron chi connectivity index (χ4n) is 9.99. The number of rotatable bonds is 61. The third-order valence-electron chi connectivity index (χ3n) is 15.0. The van der Waals surface area contributed by atoms with Gasteiger partial charge >= 0.3 is 17.9 Å². The molecule has 0 radical (unpaired) electrons. The number of unbranched alkanes of at least 4 members (excludes halogenated alkanes) is 46. The fourth-order valence-corrected chi connectivity index (χ4v) is 9.99. The minimum Gasteiger partial charge on any atom is -0.462 e. The van der Waals surface area contributed by atoms with Crippen molar-refractivity contribution >= 4 is 17.9 Å². The standard InChI is InChI=1S/C67H126O6/c1-4-7-10-13-16-19-22-25-28-30-31-32-33-34-35-36-37-38-40-42-45-48-51-54-57-60-66(69)72-63-64(62-71-65(68)59-56-53-50-47-44-41-27-24-21-18-15-12-9-6-3)73-67(70)61-58-55-52-49-46-43-39-29-26-23-20-17-14-11-8-5-2/h15,18,24,27,64H,4-14,16-17,19-23,25-26,28-63H2,1-3H3/b18-15-,27-24-. The van der Waals surface area contributed by atoms with E-state index in [0.717, 1.165) is 77.0 Å². The summed E-state index contributed by atoms with van der Waals surface area (Å²) in [5.41, 5.74) is 0. The van der Waals surface area contributed by atoms with Gasteiger partial charge in [0.2, 0.25) is 0 Å². The quantitative estimate of drug-likeness (QED) is 0.0261. The minimum atomic E-state index is -0.773. The van der Waals surface area contributed by atoms with E-state index in [-0.39, 0.29) is 31.1 Å². The van der Waals surface area contributed by atoms with Gasteiger partial charge in [-0.1, -0.05) is 328 Å².